The van der Waals surface area contributed by atoms with Crippen molar-refractivity contribution >= 4 is 71.8 Å². The summed E-state index contributed by atoms with van der Waals surface area (Å²) in [7, 11) is 0. The Balaban J connectivity index is 0.00000171. The third-order valence-corrected chi connectivity index (χ3v) is 5.15. The average Bonchev–Trinajstić information content (AvgIpc) is 3.02. The third-order valence-electron chi connectivity index (χ3n) is 4.87. The van der Waals surface area contributed by atoms with Crippen molar-refractivity contribution < 1.29 is 13.6 Å². The molecule has 1 atom stereocenters. The molecule has 3 aromatic rings. The van der Waals surface area contributed by atoms with Crippen LogP contribution in [0.25, 0.3) is 5.65 Å². The summed E-state index contributed by atoms with van der Waals surface area (Å²) in [5, 5.41) is 6.11. The van der Waals surface area contributed by atoms with E-state index in [0.29, 0.717) is 35.1 Å². The normalized spacial score (nSPS) is 15.4. The average molecular weight is 529 g/mol. The summed E-state index contributed by atoms with van der Waals surface area (Å²) < 4.78 is 31.0. The second-order valence-corrected chi connectivity index (χ2v) is 7.64. The summed E-state index contributed by atoms with van der Waals surface area (Å²) >= 11 is 6.19. The van der Waals surface area contributed by atoms with Gasteiger partial charge in [0.2, 0.25) is 0 Å². The van der Waals surface area contributed by atoms with Crippen molar-refractivity contribution in [3.63, 3.8) is 0 Å². The first-order chi connectivity index (χ1) is 13.8. The van der Waals surface area contributed by atoms with Crippen LogP contribution in [0.15, 0.2) is 30.6 Å². The number of carbonyl (C=O) groups is 1. The number of imidazole rings is 1. The maximum atomic E-state index is 14.7. The zero-order chi connectivity index (χ0) is 20.7. The first-order valence-corrected chi connectivity index (χ1v) is 9.63. The van der Waals surface area contributed by atoms with Crippen LogP contribution in [0.1, 0.15) is 23.0 Å². The van der Waals surface area contributed by atoms with Crippen molar-refractivity contribution in [2.24, 2.45) is 0 Å². The minimum atomic E-state index is -0.908. The van der Waals surface area contributed by atoms with E-state index in [1.807, 2.05) is 18.7 Å². The number of carbonyl (C=O) groups excluding carboxylic acids is 1. The highest BCUT2D eigenvalue weighted by Crippen LogP contribution is 2.26. The molecule has 1 amide bonds. The monoisotopic (exact) mass is 527 g/mol. The summed E-state index contributed by atoms with van der Waals surface area (Å²) in [6, 6.07) is 4.11. The van der Waals surface area contributed by atoms with Crippen molar-refractivity contribution in [2.75, 3.05) is 29.9 Å². The van der Waals surface area contributed by atoms with E-state index in [1.165, 1.54) is 18.2 Å². The lowest BCUT2D eigenvalue weighted by Gasteiger charge is -2.33. The van der Waals surface area contributed by atoms with Gasteiger partial charge in [-0.1, -0.05) is 11.6 Å². The Hall–Kier alpha value is -1.84. The van der Waals surface area contributed by atoms with Crippen molar-refractivity contribution in [3.05, 3.63) is 58.5 Å². The standard InChI is InChI=1S/C20H20ClF2N5O.3ClH/c1-11-8-27(4-3-24-11)14-6-16(22)18(17(23)7-14)20(29)26-13-5-15(21)19-25-12(2)9-28(19)10-13;;;/h5-7,9-11,24H,3-4,8H2,1-2H3,(H,26,29);3*1H. The van der Waals surface area contributed by atoms with Crippen LogP contribution >= 0.6 is 48.8 Å². The quantitative estimate of drug-likeness (QED) is 0.508. The molecule has 1 aliphatic rings. The number of benzene rings is 1. The maximum Gasteiger partial charge on any atom is 0.261 e. The molecule has 0 spiro atoms. The topological polar surface area (TPSA) is 61.7 Å². The number of pyridine rings is 1. The predicted molar refractivity (Wildman–Crippen MR) is 131 cm³/mol. The zero-order valence-electron chi connectivity index (χ0n) is 17.2. The lowest BCUT2D eigenvalue weighted by Crippen LogP contribution is -2.49. The summed E-state index contributed by atoms with van der Waals surface area (Å²) in [5.41, 5.74) is 1.39. The number of anilines is 2. The van der Waals surface area contributed by atoms with E-state index >= 15 is 0 Å². The zero-order valence-corrected chi connectivity index (χ0v) is 20.4. The lowest BCUT2D eigenvalue weighted by atomic mass is 10.1. The maximum absolute atomic E-state index is 14.7. The van der Waals surface area contributed by atoms with Crippen LogP contribution in [0.2, 0.25) is 5.02 Å². The Bertz CT molecular complexity index is 1090. The molecule has 0 bridgehead atoms. The van der Waals surface area contributed by atoms with E-state index in [-0.39, 0.29) is 43.3 Å². The van der Waals surface area contributed by atoms with E-state index in [4.69, 9.17) is 11.6 Å². The summed E-state index contributed by atoms with van der Waals surface area (Å²) in [6.45, 7) is 5.81. The second-order valence-electron chi connectivity index (χ2n) is 7.23. The van der Waals surface area contributed by atoms with Crippen LogP contribution < -0.4 is 15.5 Å². The molecule has 3 heterocycles. The summed E-state index contributed by atoms with van der Waals surface area (Å²) in [5.74, 6) is -2.70. The van der Waals surface area contributed by atoms with Crippen molar-refractivity contribution in [1.82, 2.24) is 14.7 Å². The highest BCUT2D eigenvalue weighted by atomic mass is 35.5. The van der Waals surface area contributed by atoms with Crippen LogP contribution in [-0.4, -0.2) is 41.0 Å². The number of piperazine rings is 1. The minimum absolute atomic E-state index is 0. The third kappa shape index (κ3) is 5.74. The molecule has 1 aromatic carbocycles. The highest BCUT2D eigenvalue weighted by molar-refractivity contribution is 6.33. The number of hydrogen-bond donors (Lipinski definition) is 2. The molecule has 6 nitrogen and oxygen atoms in total. The molecular formula is C20H23Cl4F2N5O. The molecule has 0 aliphatic carbocycles. The van der Waals surface area contributed by atoms with Gasteiger partial charge >= 0.3 is 0 Å². The lowest BCUT2D eigenvalue weighted by molar-refractivity contribution is 0.101. The number of hydrogen-bond acceptors (Lipinski definition) is 4. The molecule has 32 heavy (non-hydrogen) atoms. The van der Waals surface area contributed by atoms with Crippen LogP contribution in [0.3, 0.4) is 0 Å². The van der Waals surface area contributed by atoms with Crippen molar-refractivity contribution in [3.8, 4) is 0 Å². The first-order valence-electron chi connectivity index (χ1n) is 9.25. The van der Waals surface area contributed by atoms with Gasteiger partial charge < -0.3 is 19.9 Å². The van der Waals surface area contributed by atoms with Crippen LogP contribution in [0.5, 0.6) is 0 Å². The molecule has 1 saturated heterocycles. The summed E-state index contributed by atoms with van der Waals surface area (Å²) in [4.78, 5) is 18.7. The van der Waals surface area contributed by atoms with Crippen LogP contribution in [0, 0.1) is 18.6 Å². The van der Waals surface area contributed by atoms with Crippen LogP contribution in [-0.2, 0) is 0 Å². The van der Waals surface area contributed by atoms with Gasteiger partial charge in [-0.25, -0.2) is 13.8 Å². The smallest absolute Gasteiger partial charge is 0.261 e. The number of fused-ring (bicyclic) bond motifs is 1. The number of nitrogens with one attached hydrogen (secondary N) is 2. The van der Waals surface area contributed by atoms with E-state index in [2.05, 4.69) is 15.6 Å². The fraction of sp³-hybridized carbons (Fsp3) is 0.300. The van der Waals surface area contributed by atoms with Gasteiger partial charge in [0.15, 0.2) is 5.65 Å². The molecule has 2 aromatic heterocycles. The Morgan fingerprint density at radius 2 is 1.84 bits per heavy atom. The van der Waals surface area contributed by atoms with Gasteiger partial charge in [0.05, 0.1) is 16.4 Å². The van der Waals surface area contributed by atoms with Gasteiger partial charge in [-0.2, -0.15) is 0 Å². The largest absolute Gasteiger partial charge is 0.369 e. The Labute approximate surface area is 207 Å². The number of nitrogens with zero attached hydrogens (tertiary/aromatic N) is 3. The summed E-state index contributed by atoms with van der Waals surface area (Å²) in [6.07, 6.45) is 3.33. The van der Waals surface area contributed by atoms with Gasteiger partial charge in [0, 0.05) is 43.8 Å². The fourth-order valence-corrected chi connectivity index (χ4v) is 3.82. The number of halogens is 6. The molecule has 0 saturated carbocycles. The predicted octanol–water partition coefficient (Wildman–Crippen LogP) is 4.89. The Morgan fingerprint density at radius 1 is 1.19 bits per heavy atom. The van der Waals surface area contributed by atoms with E-state index in [1.54, 1.807) is 16.8 Å². The SMILES string of the molecule is Cc1cn2cc(NC(=O)c3c(F)cc(N4CCNC(C)C4)cc3F)cc(Cl)c2n1.Cl.Cl.Cl. The molecule has 176 valence electrons. The van der Waals surface area contributed by atoms with Gasteiger partial charge in [-0.15, -0.1) is 37.2 Å². The highest BCUT2D eigenvalue weighted by Gasteiger charge is 2.23. The number of rotatable bonds is 3. The Morgan fingerprint density at radius 3 is 2.47 bits per heavy atom. The van der Waals surface area contributed by atoms with E-state index < -0.39 is 23.1 Å². The van der Waals surface area contributed by atoms with Gasteiger partial charge in [-0.3, -0.25) is 4.79 Å². The number of aromatic nitrogens is 2. The molecule has 2 N–H and O–H groups in total. The molecule has 1 aliphatic heterocycles. The molecule has 0 radical (unpaired) electrons. The number of aryl methyl sites for hydroxylation is 1. The Kier molecular flexibility index (Phi) is 9.99. The van der Waals surface area contributed by atoms with E-state index in [0.717, 1.165) is 12.2 Å². The van der Waals surface area contributed by atoms with E-state index in [9.17, 15) is 13.6 Å². The van der Waals surface area contributed by atoms with Gasteiger partial charge in [-0.05, 0) is 32.0 Å². The first kappa shape index (κ1) is 28.2. The van der Waals surface area contributed by atoms with Gasteiger partial charge in [0.1, 0.15) is 17.2 Å². The van der Waals surface area contributed by atoms with Crippen molar-refractivity contribution in [1.29, 1.82) is 0 Å². The molecular weight excluding hydrogens is 506 g/mol. The molecule has 1 fully saturated rings. The number of amides is 1. The second kappa shape index (κ2) is 11.3. The van der Waals surface area contributed by atoms with Crippen molar-refractivity contribution in [2.45, 2.75) is 19.9 Å². The fourth-order valence-electron chi connectivity index (χ4n) is 3.57. The molecule has 12 heteroatoms. The van der Waals surface area contributed by atoms with Crippen LogP contribution in [0.4, 0.5) is 20.2 Å². The van der Waals surface area contributed by atoms with Gasteiger partial charge in [0.25, 0.3) is 5.91 Å². The molecule has 1 unspecified atom stereocenters. The molecule has 4 rings (SSSR count). The minimum Gasteiger partial charge on any atom is -0.369 e.